The minimum Gasteiger partial charge on any atom is -0.399 e. The highest BCUT2D eigenvalue weighted by Crippen LogP contribution is 2.29. The molecule has 1 unspecified atom stereocenters. The van der Waals surface area contributed by atoms with E-state index in [0.29, 0.717) is 0 Å². The van der Waals surface area contributed by atoms with Gasteiger partial charge >= 0.3 is 0 Å². The number of anilines is 1. The van der Waals surface area contributed by atoms with Crippen LogP contribution in [-0.4, -0.2) is 0 Å². The number of rotatable bonds is 3. The van der Waals surface area contributed by atoms with Crippen LogP contribution in [0.25, 0.3) is 0 Å². The molecule has 4 N–H and O–H groups in total. The Labute approximate surface area is 85.6 Å². The summed E-state index contributed by atoms with van der Waals surface area (Å²) in [4.78, 5) is 0. The van der Waals surface area contributed by atoms with E-state index in [2.05, 4.69) is 13.5 Å². The first-order chi connectivity index (χ1) is 6.50. The van der Waals surface area contributed by atoms with Crippen LogP contribution in [0, 0.1) is 0 Å². The molecule has 0 radical (unpaired) electrons. The van der Waals surface area contributed by atoms with E-state index in [9.17, 15) is 0 Å². The van der Waals surface area contributed by atoms with Gasteiger partial charge in [-0.05, 0) is 31.0 Å². The smallest absolute Gasteiger partial charge is 0.0617 e. The van der Waals surface area contributed by atoms with E-state index < -0.39 is 5.54 Å². The summed E-state index contributed by atoms with van der Waals surface area (Å²) >= 11 is 0. The van der Waals surface area contributed by atoms with Gasteiger partial charge in [0, 0.05) is 5.69 Å². The average molecular weight is 190 g/mol. The summed E-state index contributed by atoms with van der Waals surface area (Å²) in [6.07, 6.45) is 0.840. The molecule has 0 saturated heterocycles. The lowest BCUT2D eigenvalue weighted by molar-refractivity contribution is 0.508. The Balaban J connectivity index is 3.13. The predicted octanol–water partition coefficient (Wildman–Crippen LogP) is 2.41. The van der Waals surface area contributed by atoms with E-state index in [0.717, 1.165) is 23.2 Å². The molecule has 0 amide bonds. The molecule has 1 atom stereocenters. The number of hydrogen-bond acceptors (Lipinski definition) is 2. The second-order valence-corrected chi connectivity index (χ2v) is 3.73. The SMILES string of the molecule is C=C(C)C(N)(CC)c1ccc(N)cc1. The standard InChI is InChI=1S/C12H18N2/c1-4-12(14,9(2)3)10-5-7-11(13)8-6-10/h5-8H,2,4,13-14H2,1,3H3. The normalized spacial score (nSPS) is 14.8. The number of hydrogen-bond donors (Lipinski definition) is 2. The van der Waals surface area contributed by atoms with Crippen LogP contribution in [0.5, 0.6) is 0 Å². The molecule has 0 aliphatic heterocycles. The highest BCUT2D eigenvalue weighted by molar-refractivity contribution is 5.43. The van der Waals surface area contributed by atoms with Crippen LogP contribution in [0.1, 0.15) is 25.8 Å². The monoisotopic (exact) mass is 190 g/mol. The molecule has 0 spiro atoms. The van der Waals surface area contributed by atoms with Crippen molar-refractivity contribution < 1.29 is 0 Å². The van der Waals surface area contributed by atoms with E-state index in [1.807, 2.05) is 31.2 Å². The lowest BCUT2D eigenvalue weighted by Crippen LogP contribution is -2.36. The molecule has 0 heterocycles. The lowest BCUT2D eigenvalue weighted by Gasteiger charge is -2.29. The van der Waals surface area contributed by atoms with Crippen molar-refractivity contribution in [3.05, 3.63) is 42.0 Å². The topological polar surface area (TPSA) is 52.0 Å². The number of benzene rings is 1. The van der Waals surface area contributed by atoms with E-state index in [-0.39, 0.29) is 0 Å². The Hall–Kier alpha value is -1.28. The summed E-state index contributed by atoms with van der Waals surface area (Å²) in [6.45, 7) is 7.96. The summed E-state index contributed by atoms with van der Waals surface area (Å²) in [5.74, 6) is 0. The average Bonchev–Trinajstić information content (AvgIpc) is 2.17. The molecule has 0 saturated carbocycles. The van der Waals surface area contributed by atoms with Crippen molar-refractivity contribution in [2.45, 2.75) is 25.8 Å². The second kappa shape index (κ2) is 3.84. The maximum absolute atomic E-state index is 6.27. The van der Waals surface area contributed by atoms with Crippen molar-refractivity contribution >= 4 is 5.69 Å². The van der Waals surface area contributed by atoms with Crippen LogP contribution in [-0.2, 0) is 5.54 Å². The first-order valence-electron chi connectivity index (χ1n) is 4.81. The molecular weight excluding hydrogens is 172 g/mol. The maximum Gasteiger partial charge on any atom is 0.0617 e. The fraction of sp³-hybridized carbons (Fsp3) is 0.333. The Morgan fingerprint density at radius 1 is 1.36 bits per heavy atom. The zero-order valence-electron chi connectivity index (χ0n) is 8.88. The molecule has 1 rings (SSSR count). The third kappa shape index (κ3) is 1.80. The fourth-order valence-electron chi connectivity index (χ4n) is 1.53. The molecule has 1 aromatic carbocycles. The highest BCUT2D eigenvalue weighted by atomic mass is 14.7. The van der Waals surface area contributed by atoms with Gasteiger partial charge in [-0.1, -0.05) is 31.2 Å². The molecule has 2 nitrogen and oxygen atoms in total. The van der Waals surface area contributed by atoms with E-state index in [4.69, 9.17) is 11.5 Å². The fourth-order valence-corrected chi connectivity index (χ4v) is 1.53. The molecule has 14 heavy (non-hydrogen) atoms. The van der Waals surface area contributed by atoms with Gasteiger partial charge in [0.1, 0.15) is 0 Å². The predicted molar refractivity (Wildman–Crippen MR) is 61.8 cm³/mol. The van der Waals surface area contributed by atoms with E-state index in [1.165, 1.54) is 0 Å². The first-order valence-corrected chi connectivity index (χ1v) is 4.81. The van der Waals surface area contributed by atoms with Gasteiger partial charge in [0.2, 0.25) is 0 Å². The minimum absolute atomic E-state index is 0.423. The van der Waals surface area contributed by atoms with Gasteiger partial charge in [-0.15, -0.1) is 0 Å². The molecule has 0 aliphatic carbocycles. The third-order valence-corrected chi connectivity index (χ3v) is 2.75. The highest BCUT2D eigenvalue weighted by Gasteiger charge is 2.25. The molecule has 76 valence electrons. The summed E-state index contributed by atoms with van der Waals surface area (Å²) < 4.78 is 0. The van der Waals surface area contributed by atoms with Gasteiger partial charge in [0.05, 0.1) is 5.54 Å². The molecule has 0 aliphatic rings. The van der Waals surface area contributed by atoms with Crippen LogP contribution in [0.3, 0.4) is 0 Å². The van der Waals surface area contributed by atoms with Crippen LogP contribution >= 0.6 is 0 Å². The second-order valence-electron chi connectivity index (χ2n) is 3.73. The van der Waals surface area contributed by atoms with Crippen LogP contribution in [0.4, 0.5) is 5.69 Å². The van der Waals surface area contributed by atoms with Gasteiger partial charge in [0.15, 0.2) is 0 Å². The van der Waals surface area contributed by atoms with Crippen molar-refractivity contribution in [2.24, 2.45) is 5.73 Å². The van der Waals surface area contributed by atoms with Crippen molar-refractivity contribution in [3.8, 4) is 0 Å². The Kier molecular flexibility index (Phi) is 2.96. The van der Waals surface area contributed by atoms with Gasteiger partial charge in [-0.2, -0.15) is 0 Å². The minimum atomic E-state index is -0.423. The first kappa shape index (κ1) is 10.8. The quantitative estimate of drug-likeness (QED) is 0.568. The molecule has 2 heteroatoms. The summed E-state index contributed by atoms with van der Waals surface area (Å²) in [6, 6.07) is 7.67. The molecular formula is C12H18N2. The van der Waals surface area contributed by atoms with Gasteiger partial charge in [-0.25, -0.2) is 0 Å². The van der Waals surface area contributed by atoms with Crippen molar-refractivity contribution in [1.29, 1.82) is 0 Å². The Morgan fingerprint density at radius 3 is 2.21 bits per heavy atom. The maximum atomic E-state index is 6.27. The van der Waals surface area contributed by atoms with Crippen LogP contribution in [0.2, 0.25) is 0 Å². The molecule has 1 aromatic rings. The van der Waals surface area contributed by atoms with Gasteiger partial charge < -0.3 is 11.5 Å². The Bertz CT molecular complexity index is 327. The van der Waals surface area contributed by atoms with E-state index in [1.54, 1.807) is 0 Å². The van der Waals surface area contributed by atoms with Crippen molar-refractivity contribution in [1.82, 2.24) is 0 Å². The summed E-state index contributed by atoms with van der Waals surface area (Å²) in [5.41, 5.74) is 14.3. The molecule has 0 fully saturated rings. The largest absolute Gasteiger partial charge is 0.399 e. The summed E-state index contributed by atoms with van der Waals surface area (Å²) in [5, 5.41) is 0. The van der Waals surface area contributed by atoms with E-state index >= 15 is 0 Å². The van der Waals surface area contributed by atoms with Crippen LogP contribution in [0.15, 0.2) is 36.4 Å². The van der Waals surface area contributed by atoms with Crippen LogP contribution < -0.4 is 11.5 Å². The summed E-state index contributed by atoms with van der Waals surface area (Å²) in [7, 11) is 0. The number of nitrogens with two attached hydrogens (primary N) is 2. The molecule has 0 bridgehead atoms. The van der Waals surface area contributed by atoms with Gasteiger partial charge in [0.25, 0.3) is 0 Å². The third-order valence-electron chi connectivity index (χ3n) is 2.75. The van der Waals surface area contributed by atoms with Gasteiger partial charge in [-0.3, -0.25) is 0 Å². The zero-order chi connectivity index (χ0) is 10.8. The lowest BCUT2D eigenvalue weighted by atomic mass is 9.83. The Morgan fingerprint density at radius 2 is 1.86 bits per heavy atom. The van der Waals surface area contributed by atoms with Crippen molar-refractivity contribution in [3.63, 3.8) is 0 Å². The van der Waals surface area contributed by atoms with Crippen molar-refractivity contribution in [2.75, 3.05) is 5.73 Å². The zero-order valence-corrected chi connectivity index (χ0v) is 8.88. The number of nitrogen functional groups attached to an aromatic ring is 1. The molecule has 0 aromatic heterocycles.